The number of esters is 3. The second-order valence-electron chi connectivity index (χ2n) is 10.9. The van der Waals surface area contributed by atoms with Crippen LogP contribution in [-0.4, -0.2) is 81.5 Å². The van der Waals surface area contributed by atoms with E-state index >= 15 is 0 Å². The van der Waals surface area contributed by atoms with Crippen LogP contribution in [0.2, 0.25) is 0 Å². The lowest BCUT2D eigenvalue weighted by atomic mass is 9.53. The lowest BCUT2D eigenvalue weighted by Gasteiger charge is -2.53. The van der Waals surface area contributed by atoms with Crippen LogP contribution in [0.3, 0.4) is 0 Å². The Labute approximate surface area is 197 Å². The Morgan fingerprint density at radius 2 is 1.65 bits per heavy atom. The molecule has 0 bridgehead atoms. The van der Waals surface area contributed by atoms with Crippen molar-refractivity contribution in [3.8, 4) is 0 Å². The van der Waals surface area contributed by atoms with Gasteiger partial charge in [-0.1, -0.05) is 6.92 Å². The number of aliphatic hydroxyl groups is 2. The topological polar surface area (TPSA) is 144 Å². The molecule has 34 heavy (non-hydrogen) atoms. The molecule has 2 aliphatic carbocycles. The Morgan fingerprint density at radius 3 is 2.21 bits per heavy atom. The van der Waals surface area contributed by atoms with Crippen molar-refractivity contribution in [2.75, 3.05) is 0 Å². The lowest BCUT2D eigenvalue weighted by Crippen LogP contribution is -2.66. The predicted octanol–water partition coefficient (Wildman–Crippen LogP) is 0.558. The minimum Gasteiger partial charge on any atom is -0.462 e. The SMILES string of the molecule is CC(=O)OC1CC(O)C(C)=CC2OC(=O)C3(C)OC23C(O)C2C3(C)OC3CC(OC(C)=O)C12C. The van der Waals surface area contributed by atoms with E-state index in [2.05, 4.69) is 0 Å². The highest BCUT2D eigenvalue weighted by molar-refractivity contribution is 5.89. The summed E-state index contributed by atoms with van der Waals surface area (Å²) in [5, 5.41) is 23.1. The van der Waals surface area contributed by atoms with Gasteiger partial charge in [0.2, 0.25) is 0 Å². The molecule has 0 aromatic rings. The van der Waals surface area contributed by atoms with Crippen molar-refractivity contribution >= 4 is 17.9 Å². The van der Waals surface area contributed by atoms with Crippen molar-refractivity contribution in [1.29, 1.82) is 0 Å². The van der Waals surface area contributed by atoms with Gasteiger partial charge in [0.15, 0.2) is 17.3 Å². The van der Waals surface area contributed by atoms with Crippen LogP contribution in [0, 0.1) is 11.3 Å². The largest absolute Gasteiger partial charge is 0.462 e. The van der Waals surface area contributed by atoms with Crippen LogP contribution in [0.25, 0.3) is 0 Å². The van der Waals surface area contributed by atoms with E-state index in [0.29, 0.717) is 12.0 Å². The highest BCUT2D eigenvalue weighted by atomic mass is 16.7. The van der Waals surface area contributed by atoms with Gasteiger partial charge < -0.3 is 33.9 Å². The highest BCUT2D eigenvalue weighted by Crippen LogP contribution is 2.68. The molecule has 0 aromatic heterocycles. The van der Waals surface area contributed by atoms with Crippen LogP contribution in [0.5, 0.6) is 0 Å². The summed E-state index contributed by atoms with van der Waals surface area (Å²) in [6, 6.07) is 0. The van der Waals surface area contributed by atoms with E-state index in [1.54, 1.807) is 26.8 Å². The quantitative estimate of drug-likeness (QED) is 0.249. The van der Waals surface area contributed by atoms with E-state index in [1.807, 2.05) is 6.92 Å². The van der Waals surface area contributed by atoms with Gasteiger partial charge in [-0.25, -0.2) is 4.79 Å². The van der Waals surface area contributed by atoms with E-state index in [0.717, 1.165) is 0 Å². The zero-order chi connectivity index (χ0) is 25.0. The molecule has 0 amide bonds. The smallest absolute Gasteiger partial charge is 0.342 e. The Bertz CT molecular complexity index is 992. The second kappa shape index (κ2) is 7.02. The molecule has 10 nitrogen and oxygen atoms in total. The van der Waals surface area contributed by atoms with Gasteiger partial charge in [-0.2, -0.15) is 0 Å². The summed E-state index contributed by atoms with van der Waals surface area (Å²) in [6.07, 6.45) is -3.41. The molecule has 188 valence electrons. The maximum absolute atomic E-state index is 12.7. The van der Waals surface area contributed by atoms with Gasteiger partial charge in [-0.3, -0.25) is 9.59 Å². The van der Waals surface area contributed by atoms with Crippen LogP contribution >= 0.6 is 0 Å². The highest BCUT2D eigenvalue weighted by Gasteiger charge is 2.88. The molecule has 3 saturated heterocycles. The Hall–Kier alpha value is -2.01. The first kappa shape index (κ1) is 23.7. The molecule has 11 unspecified atom stereocenters. The maximum Gasteiger partial charge on any atom is 0.342 e. The molecule has 0 aromatic carbocycles. The molecule has 2 N–H and O–H groups in total. The summed E-state index contributed by atoms with van der Waals surface area (Å²) in [5.41, 5.74) is -4.37. The van der Waals surface area contributed by atoms with Crippen LogP contribution in [-0.2, 0) is 38.1 Å². The molecule has 0 radical (unpaired) electrons. The van der Waals surface area contributed by atoms with Gasteiger partial charge in [0.1, 0.15) is 12.2 Å². The molecule has 5 aliphatic rings. The number of carbonyl (C=O) groups is 3. The Kier molecular flexibility index (Phi) is 4.90. The zero-order valence-corrected chi connectivity index (χ0v) is 20.2. The van der Waals surface area contributed by atoms with Gasteiger partial charge in [0.25, 0.3) is 0 Å². The standard InChI is InChI=1S/C24H32O10/c1-10-7-17-24(23(6,34-24)20(29)32-17)19(28)18-21(4,14(8-13(10)27)30-11(2)25)15(31-12(3)26)9-16-22(18,5)33-16/h7,13-19,27-28H,8-9H2,1-6H3. The average molecular weight is 481 g/mol. The van der Waals surface area contributed by atoms with Crippen molar-refractivity contribution in [1.82, 2.24) is 0 Å². The van der Waals surface area contributed by atoms with E-state index < -0.39 is 76.6 Å². The fourth-order valence-electron chi connectivity index (χ4n) is 6.97. The second-order valence-corrected chi connectivity index (χ2v) is 10.9. The van der Waals surface area contributed by atoms with Crippen LogP contribution < -0.4 is 0 Å². The van der Waals surface area contributed by atoms with Crippen molar-refractivity contribution in [3.63, 3.8) is 0 Å². The number of rotatable bonds is 2. The van der Waals surface area contributed by atoms with Crippen LogP contribution in [0.15, 0.2) is 11.6 Å². The number of carbonyl (C=O) groups excluding carboxylic acids is 3. The first-order valence-corrected chi connectivity index (χ1v) is 11.7. The summed E-state index contributed by atoms with van der Waals surface area (Å²) in [4.78, 5) is 37.0. The summed E-state index contributed by atoms with van der Waals surface area (Å²) in [7, 11) is 0. The molecule has 1 saturated carbocycles. The minimum atomic E-state index is -1.42. The third-order valence-corrected chi connectivity index (χ3v) is 8.95. The zero-order valence-electron chi connectivity index (χ0n) is 20.2. The Balaban J connectivity index is 1.72. The summed E-state index contributed by atoms with van der Waals surface area (Å²) in [6.45, 7) is 9.44. The van der Waals surface area contributed by atoms with Gasteiger partial charge in [-0.05, 0) is 32.4 Å². The molecule has 4 fully saturated rings. The van der Waals surface area contributed by atoms with E-state index in [9.17, 15) is 24.6 Å². The molecule has 10 heteroatoms. The maximum atomic E-state index is 12.7. The summed E-state index contributed by atoms with van der Waals surface area (Å²) >= 11 is 0. The Morgan fingerprint density at radius 1 is 1.06 bits per heavy atom. The molecule has 3 aliphatic heterocycles. The number of ether oxygens (including phenoxy) is 5. The molecule has 3 heterocycles. The van der Waals surface area contributed by atoms with Crippen molar-refractivity contribution in [2.45, 2.75) is 108 Å². The molecular formula is C24H32O10. The first-order chi connectivity index (χ1) is 15.7. The molecule has 1 spiro atoms. The number of aliphatic hydroxyl groups excluding tert-OH is 2. The van der Waals surface area contributed by atoms with Crippen LogP contribution in [0.1, 0.15) is 54.4 Å². The number of fused-ring (bicyclic) bond motifs is 3. The first-order valence-electron chi connectivity index (χ1n) is 11.7. The monoisotopic (exact) mass is 480 g/mol. The van der Waals surface area contributed by atoms with Crippen LogP contribution in [0.4, 0.5) is 0 Å². The molecule has 11 atom stereocenters. The predicted molar refractivity (Wildman–Crippen MR) is 113 cm³/mol. The van der Waals surface area contributed by atoms with E-state index in [4.69, 9.17) is 23.7 Å². The third-order valence-electron chi connectivity index (χ3n) is 8.95. The fraction of sp³-hybridized carbons (Fsp3) is 0.792. The van der Waals surface area contributed by atoms with Gasteiger partial charge in [0.05, 0.1) is 29.3 Å². The number of hydrogen-bond acceptors (Lipinski definition) is 10. The summed E-state index contributed by atoms with van der Waals surface area (Å²) in [5.74, 6) is -2.48. The fourth-order valence-corrected chi connectivity index (χ4v) is 6.97. The molecular weight excluding hydrogens is 448 g/mol. The number of hydrogen-bond donors (Lipinski definition) is 2. The van der Waals surface area contributed by atoms with Gasteiger partial charge in [0, 0.05) is 32.6 Å². The normalized spacial score (nSPS) is 53.1. The van der Waals surface area contributed by atoms with Crippen molar-refractivity contribution < 1.29 is 48.3 Å². The average Bonchev–Trinajstić information content (AvgIpc) is 3.55. The molecule has 5 rings (SSSR count). The van der Waals surface area contributed by atoms with Gasteiger partial charge in [-0.15, -0.1) is 0 Å². The van der Waals surface area contributed by atoms with E-state index in [1.165, 1.54) is 13.8 Å². The van der Waals surface area contributed by atoms with Crippen molar-refractivity contribution in [2.24, 2.45) is 11.3 Å². The summed E-state index contributed by atoms with van der Waals surface area (Å²) < 4.78 is 29.2. The van der Waals surface area contributed by atoms with E-state index in [-0.39, 0.29) is 12.5 Å². The number of epoxide rings is 2. The minimum absolute atomic E-state index is 0.00800. The van der Waals surface area contributed by atoms with Crippen molar-refractivity contribution in [3.05, 3.63) is 11.6 Å². The van der Waals surface area contributed by atoms with Gasteiger partial charge >= 0.3 is 17.9 Å². The lowest BCUT2D eigenvalue weighted by molar-refractivity contribution is -0.208. The third kappa shape index (κ3) is 2.85.